The van der Waals surface area contributed by atoms with Gasteiger partial charge in [-0.3, -0.25) is 14.5 Å². The van der Waals surface area contributed by atoms with Crippen molar-refractivity contribution in [2.24, 2.45) is 40.9 Å². The molecule has 0 aromatic heterocycles. The molecule has 12 unspecified atom stereocenters. The summed E-state index contributed by atoms with van der Waals surface area (Å²) in [6, 6.07) is -0.187. The Hall–Kier alpha value is -1.34. The summed E-state index contributed by atoms with van der Waals surface area (Å²) in [5, 5.41) is 61.2. The Morgan fingerprint density at radius 3 is 2.33 bits per heavy atom. The van der Waals surface area contributed by atoms with E-state index in [9.17, 15) is 35.1 Å². The summed E-state index contributed by atoms with van der Waals surface area (Å²) in [6.45, 7) is 9.84. The smallest absolute Gasteiger partial charge is 0.303 e. The zero-order valence-corrected chi connectivity index (χ0v) is 25.2. The van der Waals surface area contributed by atoms with Crippen LogP contribution in [0, 0.1) is 40.9 Å². The number of ether oxygens (including phenoxy) is 3. The van der Waals surface area contributed by atoms with Crippen LogP contribution < -0.4 is 0 Å². The second-order valence-electron chi connectivity index (χ2n) is 15.4. The zero-order valence-electron chi connectivity index (χ0n) is 25.2. The van der Waals surface area contributed by atoms with Gasteiger partial charge in [0.15, 0.2) is 6.10 Å². The molecule has 5 N–H and O–H groups in total. The monoisotopic (exact) mass is 593 g/mol. The number of aliphatic hydroxyl groups is 5. The number of hydrogen-bond donors (Lipinski definition) is 5. The third-order valence-electron chi connectivity index (χ3n) is 13.4. The van der Waals surface area contributed by atoms with E-state index in [0.29, 0.717) is 25.3 Å². The Labute approximate surface area is 246 Å². The van der Waals surface area contributed by atoms with E-state index >= 15 is 0 Å². The molecule has 3 aliphatic heterocycles. The minimum absolute atomic E-state index is 0.0920. The SMILES string of the molecule is CC(=O)OC1C2C(CN3CC(C)CCC3[C@@]2(C)O)C2CC34OC5(O)C(OC(C)=O)CCC3(C)C5C[C@@H](O)C4[C@]2(O)[C@H]1O. The second kappa shape index (κ2) is 8.89. The van der Waals surface area contributed by atoms with Crippen LogP contribution in [0.1, 0.15) is 73.1 Å². The molecule has 4 bridgehead atoms. The van der Waals surface area contributed by atoms with Gasteiger partial charge in [-0.05, 0) is 63.2 Å². The molecule has 16 atom stereocenters. The van der Waals surface area contributed by atoms with Crippen LogP contribution in [-0.4, -0.2) is 109 Å². The highest BCUT2D eigenvalue weighted by Gasteiger charge is 2.87. The van der Waals surface area contributed by atoms with Gasteiger partial charge in [-0.2, -0.15) is 0 Å². The minimum atomic E-state index is -1.93. The van der Waals surface area contributed by atoms with Crippen molar-refractivity contribution < 1.29 is 49.3 Å². The van der Waals surface area contributed by atoms with Gasteiger partial charge >= 0.3 is 11.9 Å². The van der Waals surface area contributed by atoms with E-state index in [0.717, 1.165) is 19.4 Å². The topological polar surface area (TPSA) is 166 Å². The molecule has 4 saturated carbocycles. The molecular weight excluding hydrogens is 546 g/mol. The van der Waals surface area contributed by atoms with Gasteiger partial charge < -0.3 is 39.7 Å². The number of piperidine rings is 2. The molecule has 1 spiro atoms. The molecular formula is C31H47NO10. The van der Waals surface area contributed by atoms with Crippen molar-refractivity contribution in [1.29, 1.82) is 0 Å². The Morgan fingerprint density at radius 1 is 0.976 bits per heavy atom. The average Bonchev–Trinajstić information content (AvgIpc) is 3.16. The van der Waals surface area contributed by atoms with Gasteiger partial charge in [0.05, 0.1) is 17.3 Å². The van der Waals surface area contributed by atoms with Crippen molar-refractivity contribution in [3.63, 3.8) is 0 Å². The van der Waals surface area contributed by atoms with E-state index in [1.807, 2.05) is 6.92 Å². The summed E-state index contributed by atoms with van der Waals surface area (Å²) < 4.78 is 18.1. The van der Waals surface area contributed by atoms with Crippen LogP contribution in [0.25, 0.3) is 0 Å². The van der Waals surface area contributed by atoms with Crippen molar-refractivity contribution in [1.82, 2.24) is 4.90 Å². The van der Waals surface area contributed by atoms with Gasteiger partial charge in [-0.25, -0.2) is 0 Å². The molecule has 7 fully saturated rings. The number of fused-ring (bicyclic) bond motifs is 5. The molecule has 7 rings (SSSR count). The molecule has 236 valence electrons. The fraction of sp³-hybridized carbons (Fsp3) is 0.935. The van der Waals surface area contributed by atoms with E-state index in [1.54, 1.807) is 6.92 Å². The number of rotatable bonds is 2. The Kier molecular flexibility index (Phi) is 6.22. The van der Waals surface area contributed by atoms with Crippen molar-refractivity contribution in [3.8, 4) is 0 Å². The van der Waals surface area contributed by atoms with Crippen LogP contribution in [0.4, 0.5) is 0 Å². The van der Waals surface area contributed by atoms with Gasteiger partial charge in [0, 0.05) is 56.1 Å². The van der Waals surface area contributed by atoms with E-state index < -0.39 is 93.9 Å². The quantitative estimate of drug-likeness (QED) is 0.280. The number of aliphatic hydroxyl groups excluding tert-OH is 2. The summed E-state index contributed by atoms with van der Waals surface area (Å²) in [6.07, 6.45) is -1.91. The van der Waals surface area contributed by atoms with E-state index in [-0.39, 0.29) is 18.9 Å². The molecule has 3 saturated heterocycles. The number of hydrogen-bond acceptors (Lipinski definition) is 11. The van der Waals surface area contributed by atoms with E-state index in [1.165, 1.54) is 13.8 Å². The molecule has 11 heteroatoms. The van der Waals surface area contributed by atoms with Crippen LogP contribution in [0.3, 0.4) is 0 Å². The normalized spacial score (nSPS) is 59.6. The highest BCUT2D eigenvalue weighted by atomic mass is 16.7. The lowest BCUT2D eigenvalue weighted by molar-refractivity contribution is -0.298. The van der Waals surface area contributed by atoms with Gasteiger partial charge in [0.1, 0.15) is 17.8 Å². The Morgan fingerprint density at radius 2 is 1.67 bits per heavy atom. The highest BCUT2D eigenvalue weighted by molar-refractivity contribution is 5.66. The largest absolute Gasteiger partial charge is 0.459 e. The lowest BCUT2D eigenvalue weighted by atomic mass is 9.49. The number of carbonyl (C=O) groups excluding carboxylic acids is 2. The van der Waals surface area contributed by atoms with Crippen LogP contribution in [0.5, 0.6) is 0 Å². The van der Waals surface area contributed by atoms with Crippen molar-refractivity contribution in [3.05, 3.63) is 0 Å². The molecule has 0 aromatic carbocycles. The number of esters is 2. The number of carbonyl (C=O) groups is 2. The third kappa shape index (κ3) is 3.36. The maximum atomic E-state index is 12.9. The summed E-state index contributed by atoms with van der Waals surface area (Å²) in [4.78, 5) is 26.7. The highest BCUT2D eigenvalue weighted by Crippen LogP contribution is 2.77. The van der Waals surface area contributed by atoms with Gasteiger partial charge in [-0.15, -0.1) is 0 Å². The fourth-order valence-corrected chi connectivity index (χ4v) is 12.0. The summed E-state index contributed by atoms with van der Waals surface area (Å²) in [7, 11) is 0. The minimum Gasteiger partial charge on any atom is -0.459 e. The summed E-state index contributed by atoms with van der Waals surface area (Å²) in [5.41, 5.74) is -5.19. The second-order valence-corrected chi connectivity index (χ2v) is 15.4. The summed E-state index contributed by atoms with van der Waals surface area (Å²) in [5.74, 6) is -5.82. The maximum absolute atomic E-state index is 12.9. The first-order chi connectivity index (χ1) is 19.5. The van der Waals surface area contributed by atoms with Crippen LogP contribution in [0.2, 0.25) is 0 Å². The molecule has 7 aliphatic rings. The predicted molar refractivity (Wildman–Crippen MR) is 145 cm³/mol. The van der Waals surface area contributed by atoms with Crippen LogP contribution in [0.15, 0.2) is 0 Å². The first kappa shape index (κ1) is 29.4. The maximum Gasteiger partial charge on any atom is 0.303 e. The first-order valence-electron chi connectivity index (χ1n) is 15.8. The van der Waals surface area contributed by atoms with Crippen molar-refractivity contribution in [2.75, 3.05) is 13.1 Å². The average molecular weight is 594 g/mol. The molecule has 4 aliphatic carbocycles. The fourth-order valence-electron chi connectivity index (χ4n) is 12.0. The zero-order chi connectivity index (χ0) is 30.4. The van der Waals surface area contributed by atoms with E-state index in [4.69, 9.17) is 14.2 Å². The molecule has 0 radical (unpaired) electrons. The molecule has 11 nitrogen and oxygen atoms in total. The molecule has 3 heterocycles. The molecule has 0 amide bonds. The Balaban J connectivity index is 1.37. The molecule has 0 aromatic rings. The van der Waals surface area contributed by atoms with Gasteiger partial charge in [0.2, 0.25) is 5.79 Å². The van der Waals surface area contributed by atoms with Crippen LogP contribution in [-0.2, 0) is 23.8 Å². The first-order valence-corrected chi connectivity index (χ1v) is 15.8. The van der Waals surface area contributed by atoms with Crippen LogP contribution >= 0.6 is 0 Å². The standard InChI is InChI=1S/C31H47NO10/c1-14-6-7-21-28(5,37)23-17(13-32(21)12-14)18-11-29-25(30(18,38)26(36)24(23)41-16(3)34)19(35)10-20-27(29,4)9-8-22(40-15(2)33)31(20,39)42-29/h14,17-26,35-39H,6-13H2,1-5H3/t14?,17?,18?,19-,20?,21?,22?,23?,24?,25?,26+,27?,28-,29?,30+,31?/m1/s1. The van der Waals surface area contributed by atoms with E-state index in [2.05, 4.69) is 11.8 Å². The number of nitrogens with zero attached hydrogens (tertiary/aromatic N) is 1. The van der Waals surface area contributed by atoms with Gasteiger partial charge in [0.25, 0.3) is 0 Å². The molecule has 42 heavy (non-hydrogen) atoms. The van der Waals surface area contributed by atoms with Crippen molar-refractivity contribution in [2.45, 2.75) is 126 Å². The predicted octanol–water partition coefficient (Wildman–Crippen LogP) is 0.328. The Bertz CT molecular complexity index is 1180. The van der Waals surface area contributed by atoms with Crippen molar-refractivity contribution >= 4 is 11.9 Å². The lowest BCUT2D eigenvalue weighted by Gasteiger charge is -2.64. The lowest BCUT2D eigenvalue weighted by Crippen LogP contribution is -2.77. The summed E-state index contributed by atoms with van der Waals surface area (Å²) >= 11 is 0. The third-order valence-corrected chi connectivity index (χ3v) is 13.4. The van der Waals surface area contributed by atoms with Gasteiger partial charge in [-0.1, -0.05) is 13.8 Å².